The maximum atomic E-state index is 11.6. The molecule has 5 heteroatoms. The van der Waals surface area contributed by atoms with Crippen LogP contribution in [0.3, 0.4) is 0 Å². The highest BCUT2D eigenvalue weighted by atomic mass is 16.2. The maximum Gasteiger partial charge on any atom is 0.327 e. The number of allylic oxidation sites excluding steroid dienone is 1. The first kappa shape index (κ1) is 9.39. The van der Waals surface area contributed by atoms with Gasteiger partial charge in [-0.05, 0) is 18.2 Å². The summed E-state index contributed by atoms with van der Waals surface area (Å²) in [6.45, 7) is 0.350. The molecule has 1 aromatic heterocycles. The number of hydrogen-bond donors (Lipinski definition) is 1. The van der Waals surface area contributed by atoms with Crippen LogP contribution >= 0.6 is 0 Å². The molecule has 76 valence electrons. The van der Waals surface area contributed by atoms with Gasteiger partial charge in [0.05, 0.1) is 11.9 Å². The quantitative estimate of drug-likeness (QED) is 0.749. The van der Waals surface area contributed by atoms with Crippen molar-refractivity contribution in [2.24, 2.45) is 4.99 Å². The van der Waals surface area contributed by atoms with E-state index in [1.54, 1.807) is 43.0 Å². The van der Waals surface area contributed by atoms with Gasteiger partial charge in [0.2, 0.25) is 0 Å². The van der Waals surface area contributed by atoms with Crippen LogP contribution in [0.4, 0.5) is 10.5 Å². The minimum atomic E-state index is -0.212. The summed E-state index contributed by atoms with van der Waals surface area (Å²) in [5.41, 5.74) is 0.672. The number of anilines is 1. The van der Waals surface area contributed by atoms with E-state index in [2.05, 4.69) is 15.3 Å². The fourth-order valence-corrected chi connectivity index (χ4v) is 1.15. The van der Waals surface area contributed by atoms with Crippen molar-refractivity contribution in [1.82, 2.24) is 9.88 Å². The molecule has 1 aliphatic heterocycles. The van der Waals surface area contributed by atoms with Crippen LogP contribution in [-0.2, 0) is 0 Å². The van der Waals surface area contributed by atoms with Crippen LogP contribution < -0.4 is 5.32 Å². The van der Waals surface area contributed by atoms with E-state index in [0.717, 1.165) is 0 Å². The van der Waals surface area contributed by atoms with Gasteiger partial charge in [-0.15, -0.1) is 0 Å². The average molecular weight is 202 g/mol. The van der Waals surface area contributed by atoms with Crippen molar-refractivity contribution in [2.75, 3.05) is 12.0 Å². The number of carbonyl (C=O) groups excluding carboxylic acids is 1. The number of aliphatic imine (C=N–C) groups is 1. The summed E-state index contributed by atoms with van der Waals surface area (Å²) in [7, 11) is 0. The van der Waals surface area contributed by atoms with Crippen molar-refractivity contribution in [3.63, 3.8) is 0 Å². The zero-order chi connectivity index (χ0) is 10.5. The van der Waals surface area contributed by atoms with Crippen LogP contribution in [0.15, 0.2) is 41.8 Å². The second-order valence-electron chi connectivity index (χ2n) is 2.96. The first-order valence-corrected chi connectivity index (χ1v) is 4.50. The summed E-state index contributed by atoms with van der Waals surface area (Å²) in [5, 5.41) is 2.71. The van der Waals surface area contributed by atoms with Crippen molar-refractivity contribution in [3.8, 4) is 0 Å². The Morgan fingerprint density at radius 1 is 1.53 bits per heavy atom. The van der Waals surface area contributed by atoms with Gasteiger partial charge in [-0.3, -0.25) is 14.9 Å². The predicted molar refractivity (Wildman–Crippen MR) is 57.6 cm³/mol. The molecule has 0 saturated heterocycles. The standard InChI is InChI=1S/C10H10N4O/c15-10(14-6-2-5-12-8-14)13-9-3-1-4-11-7-9/h1-7H,8H2,(H,13,15). The molecule has 0 spiro atoms. The third-order valence-electron chi connectivity index (χ3n) is 1.87. The van der Waals surface area contributed by atoms with Crippen LogP contribution in [0.5, 0.6) is 0 Å². The summed E-state index contributed by atoms with van der Waals surface area (Å²) in [5.74, 6) is 0. The lowest BCUT2D eigenvalue weighted by Gasteiger charge is -2.18. The fraction of sp³-hybridized carbons (Fsp3) is 0.100. The highest BCUT2D eigenvalue weighted by molar-refractivity contribution is 5.90. The predicted octanol–water partition coefficient (Wildman–Crippen LogP) is 1.47. The zero-order valence-electron chi connectivity index (χ0n) is 8.00. The molecule has 1 aliphatic rings. The first-order chi connectivity index (χ1) is 7.36. The van der Waals surface area contributed by atoms with Crippen molar-refractivity contribution in [2.45, 2.75) is 0 Å². The molecule has 0 fully saturated rings. The van der Waals surface area contributed by atoms with Gasteiger partial charge >= 0.3 is 6.03 Å². The summed E-state index contributed by atoms with van der Waals surface area (Å²) in [4.78, 5) is 21.0. The molecule has 1 aromatic rings. The van der Waals surface area contributed by atoms with Gasteiger partial charge in [0, 0.05) is 18.6 Å². The highest BCUT2D eigenvalue weighted by Gasteiger charge is 2.10. The van der Waals surface area contributed by atoms with Gasteiger partial charge in [0.25, 0.3) is 0 Å². The number of aromatic nitrogens is 1. The summed E-state index contributed by atoms with van der Waals surface area (Å²) in [6.07, 6.45) is 8.30. The molecular formula is C10H10N4O. The molecule has 2 rings (SSSR count). The van der Waals surface area contributed by atoms with Crippen LogP contribution in [0.25, 0.3) is 0 Å². The third-order valence-corrected chi connectivity index (χ3v) is 1.87. The Labute approximate surface area is 87.1 Å². The number of rotatable bonds is 1. The normalized spacial score (nSPS) is 14.0. The van der Waals surface area contributed by atoms with Crippen LogP contribution in [0, 0.1) is 0 Å². The number of hydrogen-bond acceptors (Lipinski definition) is 3. The SMILES string of the molecule is O=C(Nc1cccnc1)N1C=CC=NC1. The van der Waals surface area contributed by atoms with E-state index < -0.39 is 0 Å². The topological polar surface area (TPSA) is 57.6 Å². The summed E-state index contributed by atoms with van der Waals surface area (Å²) >= 11 is 0. The number of carbonyl (C=O) groups is 1. The monoisotopic (exact) mass is 202 g/mol. The summed E-state index contributed by atoms with van der Waals surface area (Å²) in [6, 6.07) is 3.33. The van der Waals surface area contributed by atoms with E-state index in [1.807, 2.05) is 0 Å². The van der Waals surface area contributed by atoms with Crippen molar-refractivity contribution < 1.29 is 4.79 Å². The first-order valence-electron chi connectivity index (χ1n) is 4.50. The lowest BCUT2D eigenvalue weighted by atomic mass is 10.4. The Hall–Kier alpha value is -2.17. The smallest absolute Gasteiger partial charge is 0.306 e. The molecule has 15 heavy (non-hydrogen) atoms. The Morgan fingerprint density at radius 3 is 3.13 bits per heavy atom. The molecule has 0 saturated carbocycles. The van der Waals surface area contributed by atoms with E-state index in [1.165, 1.54) is 4.90 Å². The van der Waals surface area contributed by atoms with Gasteiger partial charge in [0.1, 0.15) is 6.67 Å². The third kappa shape index (κ3) is 2.40. The number of nitrogens with zero attached hydrogens (tertiary/aromatic N) is 3. The highest BCUT2D eigenvalue weighted by Crippen LogP contribution is 2.05. The van der Waals surface area contributed by atoms with Gasteiger partial charge in [-0.25, -0.2) is 4.79 Å². The van der Waals surface area contributed by atoms with E-state index in [0.29, 0.717) is 12.4 Å². The maximum absolute atomic E-state index is 11.6. The molecule has 5 nitrogen and oxygen atoms in total. The number of pyridine rings is 1. The molecule has 1 N–H and O–H groups in total. The number of amides is 2. The molecular weight excluding hydrogens is 192 g/mol. The van der Waals surface area contributed by atoms with Crippen LogP contribution in [0.2, 0.25) is 0 Å². The molecule has 0 bridgehead atoms. The number of urea groups is 1. The lowest BCUT2D eigenvalue weighted by molar-refractivity contribution is 0.229. The minimum absolute atomic E-state index is 0.212. The molecule has 2 heterocycles. The lowest BCUT2D eigenvalue weighted by Crippen LogP contribution is -2.31. The molecule has 0 aromatic carbocycles. The summed E-state index contributed by atoms with van der Waals surface area (Å²) < 4.78 is 0. The van der Waals surface area contributed by atoms with Crippen molar-refractivity contribution in [3.05, 3.63) is 36.8 Å². The molecule has 0 radical (unpaired) electrons. The largest absolute Gasteiger partial charge is 0.327 e. The Morgan fingerprint density at radius 2 is 2.47 bits per heavy atom. The van der Waals surface area contributed by atoms with Gasteiger partial charge < -0.3 is 5.32 Å². The zero-order valence-corrected chi connectivity index (χ0v) is 8.00. The molecule has 0 atom stereocenters. The van der Waals surface area contributed by atoms with E-state index in [4.69, 9.17) is 0 Å². The van der Waals surface area contributed by atoms with E-state index in [-0.39, 0.29) is 6.03 Å². The average Bonchev–Trinajstić information content (AvgIpc) is 2.31. The van der Waals surface area contributed by atoms with E-state index >= 15 is 0 Å². The van der Waals surface area contributed by atoms with Crippen LogP contribution in [-0.4, -0.2) is 28.8 Å². The Kier molecular flexibility index (Phi) is 2.73. The fourth-order valence-electron chi connectivity index (χ4n) is 1.15. The van der Waals surface area contributed by atoms with Crippen LogP contribution in [0.1, 0.15) is 0 Å². The Bertz CT molecular complexity index is 399. The van der Waals surface area contributed by atoms with Gasteiger partial charge in [-0.1, -0.05) is 0 Å². The van der Waals surface area contributed by atoms with Gasteiger partial charge in [-0.2, -0.15) is 0 Å². The second kappa shape index (κ2) is 4.36. The second-order valence-corrected chi connectivity index (χ2v) is 2.96. The molecule has 0 aliphatic carbocycles. The van der Waals surface area contributed by atoms with Gasteiger partial charge in [0.15, 0.2) is 0 Å². The molecule has 2 amide bonds. The van der Waals surface area contributed by atoms with E-state index in [9.17, 15) is 4.79 Å². The minimum Gasteiger partial charge on any atom is -0.306 e. The number of nitrogens with one attached hydrogen (secondary N) is 1. The Balaban J connectivity index is 1.98. The van der Waals surface area contributed by atoms with Crippen molar-refractivity contribution >= 4 is 17.9 Å². The van der Waals surface area contributed by atoms with Crippen molar-refractivity contribution in [1.29, 1.82) is 0 Å². The molecule has 0 unspecified atom stereocenters.